The first-order valence-corrected chi connectivity index (χ1v) is 9.54. The van der Waals surface area contributed by atoms with E-state index in [0.29, 0.717) is 14.5 Å². The van der Waals surface area contributed by atoms with Crippen LogP contribution >= 0.6 is 24.0 Å². The largest absolute Gasteiger partial charge is 0.265 e. The van der Waals surface area contributed by atoms with E-state index in [-0.39, 0.29) is 6.04 Å². The van der Waals surface area contributed by atoms with E-state index in [1.54, 1.807) is 23.9 Å². The van der Waals surface area contributed by atoms with Crippen LogP contribution in [0.2, 0.25) is 0 Å². The summed E-state index contributed by atoms with van der Waals surface area (Å²) in [7, 11) is -3.50. The molecule has 1 saturated carbocycles. The third-order valence-electron chi connectivity index (χ3n) is 3.98. The van der Waals surface area contributed by atoms with Gasteiger partial charge in [0.2, 0.25) is 0 Å². The first kappa shape index (κ1) is 14.4. The molecule has 2 fully saturated rings. The monoisotopic (exact) mass is 327 g/mol. The summed E-state index contributed by atoms with van der Waals surface area (Å²) >= 11 is 6.90. The zero-order valence-corrected chi connectivity index (χ0v) is 13.7. The number of rotatable bonds is 2. The first-order valence-electron chi connectivity index (χ1n) is 6.82. The molecule has 0 aromatic heterocycles. The van der Waals surface area contributed by atoms with Crippen LogP contribution in [0.5, 0.6) is 0 Å². The number of thioether (sulfide) groups is 1. The Morgan fingerprint density at radius 1 is 1.20 bits per heavy atom. The lowest BCUT2D eigenvalue weighted by molar-refractivity contribution is 0.350. The summed E-state index contributed by atoms with van der Waals surface area (Å²) in [5.74, 6) is 0. The van der Waals surface area contributed by atoms with Gasteiger partial charge >= 0.3 is 0 Å². The first-order chi connectivity index (χ1) is 9.50. The molecule has 0 bridgehead atoms. The number of aryl methyl sites for hydroxylation is 1. The minimum Gasteiger partial charge on any atom is -0.246 e. The van der Waals surface area contributed by atoms with Crippen molar-refractivity contribution in [2.45, 2.75) is 48.8 Å². The Morgan fingerprint density at radius 2 is 1.85 bits per heavy atom. The van der Waals surface area contributed by atoms with Crippen molar-refractivity contribution >= 4 is 38.3 Å². The average Bonchev–Trinajstić information content (AvgIpc) is 2.75. The molecule has 0 amide bonds. The molecule has 0 unspecified atom stereocenters. The normalized spacial score (nSPS) is 26.6. The van der Waals surface area contributed by atoms with Gasteiger partial charge in [-0.2, -0.15) is 0 Å². The third-order valence-corrected chi connectivity index (χ3v) is 7.79. The third kappa shape index (κ3) is 2.38. The van der Waals surface area contributed by atoms with Crippen molar-refractivity contribution < 1.29 is 8.42 Å². The van der Waals surface area contributed by atoms with Crippen LogP contribution in [-0.4, -0.2) is 28.3 Å². The zero-order chi connectivity index (χ0) is 14.3. The van der Waals surface area contributed by atoms with Crippen molar-refractivity contribution in [2.75, 3.05) is 0 Å². The predicted octanol–water partition coefficient (Wildman–Crippen LogP) is 3.33. The van der Waals surface area contributed by atoms with Crippen LogP contribution in [0.4, 0.5) is 0 Å². The SMILES string of the molecule is Cc1ccc(S(=O)(=O)N2C(=S)S[C@@H]3CCCC[C@H]32)cc1. The fourth-order valence-corrected chi connectivity index (χ4v) is 6.91. The Labute approximate surface area is 129 Å². The van der Waals surface area contributed by atoms with E-state index >= 15 is 0 Å². The summed E-state index contributed by atoms with van der Waals surface area (Å²) in [6.07, 6.45) is 4.25. The van der Waals surface area contributed by atoms with Crippen molar-refractivity contribution in [1.29, 1.82) is 0 Å². The minimum absolute atomic E-state index is 0.0487. The highest BCUT2D eigenvalue weighted by molar-refractivity contribution is 8.24. The summed E-state index contributed by atoms with van der Waals surface area (Å²) in [6.45, 7) is 1.95. The molecule has 2 atom stereocenters. The molecular formula is C14H17NO2S3. The van der Waals surface area contributed by atoms with Gasteiger partial charge in [-0.15, -0.1) is 0 Å². The number of benzene rings is 1. The Hall–Kier alpha value is -0.590. The van der Waals surface area contributed by atoms with E-state index in [9.17, 15) is 8.42 Å². The minimum atomic E-state index is -3.50. The van der Waals surface area contributed by atoms with E-state index in [0.717, 1.165) is 24.8 Å². The van der Waals surface area contributed by atoms with Gasteiger partial charge in [-0.05, 0) is 31.9 Å². The van der Waals surface area contributed by atoms with Crippen LogP contribution in [0.15, 0.2) is 29.2 Å². The summed E-state index contributed by atoms with van der Waals surface area (Å²) in [5.41, 5.74) is 1.05. The second kappa shape index (κ2) is 5.31. The number of hydrogen-bond acceptors (Lipinski definition) is 4. The Balaban J connectivity index is 1.98. The van der Waals surface area contributed by atoms with Crippen LogP contribution in [0, 0.1) is 6.92 Å². The fourth-order valence-electron chi connectivity index (χ4n) is 2.90. The molecule has 1 heterocycles. The summed E-state index contributed by atoms with van der Waals surface area (Å²) < 4.78 is 27.7. The molecule has 0 radical (unpaired) electrons. The van der Waals surface area contributed by atoms with Gasteiger partial charge < -0.3 is 0 Å². The van der Waals surface area contributed by atoms with E-state index in [4.69, 9.17) is 12.2 Å². The molecule has 3 rings (SSSR count). The molecule has 2 aliphatic rings. The summed E-state index contributed by atoms with van der Waals surface area (Å²) in [5, 5.41) is 0.344. The van der Waals surface area contributed by atoms with Crippen LogP contribution in [0.25, 0.3) is 0 Å². The molecule has 1 aromatic rings. The van der Waals surface area contributed by atoms with E-state index < -0.39 is 10.0 Å². The number of nitrogens with zero attached hydrogens (tertiary/aromatic N) is 1. The van der Waals surface area contributed by atoms with Crippen molar-refractivity contribution in [2.24, 2.45) is 0 Å². The number of hydrogen-bond donors (Lipinski definition) is 0. The second-order valence-electron chi connectivity index (χ2n) is 5.39. The Morgan fingerprint density at radius 3 is 2.55 bits per heavy atom. The quantitative estimate of drug-likeness (QED) is 0.781. The van der Waals surface area contributed by atoms with Crippen LogP contribution < -0.4 is 0 Å². The number of sulfonamides is 1. The summed E-state index contributed by atoms with van der Waals surface area (Å²) in [4.78, 5) is 0.345. The molecule has 1 aliphatic heterocycles. The topological polar surface area (TPSA) is 37.4 Å². The highest BCUT2D eigenvalue weighted by Crippen LogP contribution is 2.43. The Bertz CT molecular complexity index is 624. The van der Waals surface area contributed by atoms with Crippen molar-refractivity contribution in [3.8, 4) is 0 Å². The molecule has 20 heavy (non-hydrogen) atoms. The molecule has 1 aliphatic carbocycles. The second-order valence-corrected chi connectivity index (χ2v) is 9.08. The van der Waals surface area contributed by atoms with Gasteiger partial charge in [0.05, 0.1) is 10.9 Å². The summed E-state index contributed by atoms with van der Waals surface area (Å²) in [6, 6.07) is 7.06. The highest BCUT2D eigenvalue weighted by atomic mass is 32.2. The number of fused-ring (bicyclic) bond motifs is 1. The average molecular weight is 327 g/mol. The maximum absolute atomic E-state index is 12.8. The van der Waals surface area contributed by atoms with Crippen molar-refractivity contribution in [1.82, 2.24) is 4.31 Å². The molecule has 1 saturated heterocycles. The molecule has 3 nitrogen and oxygen atoms in total. The van der Waals surface area contributed by atoms with Crippen molar-refractivity contribution in [3.63, 3.8) is 0 Å². The van der Waals surface area contributed by atoms with Crippen LogP contribution in [-0.2, 0) is 10.0 Å². The van der Waals surface area contributed by atoms with Gasteiger partial charge in [-0.25, -0.2) is 12.7 Å². The van der Waals surface area contributed by atoms with E-state index in [1.165, 1.54) is 10.7 Å². The lowest BCUT2D eigenvalue weighted by Gasteiger charge is -2.30. The maximum Gasteiger partial charge on any atom is 0.265 e. The van der Waals surface area contributed by atoms with Gasteiger partial charge in [-0.1, -0.05) is 54.5 Å². The van der Waals surface area contributed by atoms with Gasteiger partial charge in [0.25, 0.3) is 10.0 Å². The van der Waals surface area contributed by atoms with Gasteiger partial charge in [0.15, 0.2) is 4.32 Å². The van der Waals surface area contributed by atoms with Gasteiger partial charge in [0, 0.05) is 5.25 Å². The molecule has 0 spiro atoms. The van der Waals surface area contributed by atoms with Gasteiger partial charge in [-0.3, -0.25) is 0 Å². The smallest absolute Gasteiger partial charge is 0.246 e. The van der Waals surface area contributed by atoms with Gasteiger partial charge in [0.1, 0.15) is 0 Å². The van der Waals surface area contributed by atoms with E-state index in [1.807, 2.05) is 19.1 Å². The zero-order valence-electron chi connectivity index (χ0n) is 11.3. The van der Waals surface area contributed by atoms with Crippen LogP contribution in [0.1, 0.15) is 31.2 Å². The molecule has 108 valence electrons. The maximum atomic E-state index is 12.8. The van der Waals surface area contributed by atoms with E-state index in [2.05, 4.69) is 0 Å². The molecule has 0 N–H and O–H groups in total. The highest BCUT2D eigenvalue weighted by Gasteiger charge is 2.45. The Kier molecular flexibility index (Phi) is 3.81. The van der Waals surface area contributed by atoms with Crippen molar-refractivity contribution in [3.05, 3.63) is 29.8 Å². The fraction of sp³-hybridized carbons (Fsp3) is 0.500. The number of thiocarbonyl (C=S) groups is 1. The molecular weight excluding hydrogens is 310 g/mol. The lowest BCUT2D eigenvalue weighted by Crippen LogP contribution is -2.42. The molecule has 6 heteroatoms. The molecule has 1 aromatic carbocycles. The van der Waals surface area contributed by atoms with Crippen LogP contribution in [0.3, 0.4) is 0 Å². The lowest BCUT2D eigenvalue weighted by atomic mass is 9.95. The predicted molar refractivity (Wildman–Crippen MR) is 86.4 cm³/mol. The standard InChI is InChI=1S/C14H17NO2S3/c1-10-6-8-11(9-7-10)20(16,17)15-12-4-2-3-5-13(12)19-14(15)18/h6-9,12-13H,2-5H2,1H3/t12-,13-/m1/s1.